The Labute approximate surface area is 107 Å². The van der Waals surface area contributed by atoms with Crippen LogP contribution < -0.4 is 0 Å². The Balaban J connectivity index is 2.99. The summed E-state index contributed by atoms with van der Waals surface area (Å²) in [7, 11) is -4.06. The van der Waals surface area contributed by atoms with Gasteiger partial charge in [0.15, 0.2) is 0 Å². The van der Waals surface area contributed by atoms with E-state index in [1.165, 1.54) is 25.1 Å². The average Bonchev–Trinajstić information content (AvgIpc) is 2.37. The smallest absolute Gasteiger partial charge is 0.338 e. The molecule has 96 valence electrons. The van der Waals surface area contributed by atoms with Crippen LogP contribution in [0.3, 0.4) is 0 Å². The molecule has 18 heavy (non-hydrogen) atoms. The van der Waals surface area contributed by atoms with Crippen LogP contribution in [0.5, 0.6) is 0 Å². The molecule has 5 heteroatoms. The van der Waals surface area contributed by atoms with Crippen molar-refractivity contribution in [3.05, 3.63) is 48.1 Å². The van der Waals surface area contributed by atoms with Crippen molar-refractivity contribution in [1.82, 2.24) is 0 Å². The molecule has 0 atom stereocenters. The monoisotopic (exact) mass is 266 g/mol. The summed E-state index contributed by atoms with van der Waals surface area (Å²) in [5.41, 5.74) is 1.02. The number of hydrogen-bond acceptors (Lipinski definition) is 4. The minimum absolute atomic E-state index is 0.0645. The fourth-order valence-corrected chi connectivity index (χ4v) is 2.00. The van der Waals surface area contributed by atoms with E-state index in [-0.39, 0.29) is 10.5 Å². The lowest BCUT2D eigenvalue weighted by molar-refractivity contribution is -0.129. The van der Waals surface area contributed by atoms with E-state index in [0.717, 1.165) is 5.56 Å². The van der Waals surface area contributed by atoms with Gasteiger partial charge in [-0.25, -0.2) is 4.79 Å². The Morgan fingerprint density at radius 1 is 1.28 bits per heavy atom. The Morgan fingerprint density at radius 2 is 1.83 bits per heavy atom. The lowest BCUT2D eigenvalue weighted by atomic mass is 10.2. The largest absolute Gasteiger partial charge is 0.349 e. The van der Waals surface area contributed by atoms with E-state index in [2.05, 4.69) is 10.8 Å². The zero-order valence-electron chi connectivity index (χ0n) is 10.2. The Hall–Kier alpha value is -1.88. The summed E-state index contributed by atoms with van der Waals surface area (Å²) in [5.74, 6) is -0.870. The third kappa shape index (κ3) is 3.30. The summed E-state index contributed by atoms with van der Waals surface area (Å²) in [5, 5.41) is 0. The highest BCUT2D eigenvalue weighted by atomic mass is 32.2. The maximum Gasteiger partial charge on any atom is 0.349 e. The molecule has 0 saturated carbocycles. The summed E-state index contributed by atoms with van der Waals surface area (Å²) in [6.45, 7) is 6.68. The van der Waals surface area contributed by atoms with E-state index in [9.17, 15) is 13.2 Å². The molecule has 0 heterocycles. The molecule has 0 N–H and O–H groups in total. The second kappa shape index (κ2) is 5.64. The van der Waals surface area contributed by atoms with Gasteiger partial charge < -0.3 is 4.18 Å². The normalized spacial score (nSPS) is 12.0. The molecular formula is C13H14O4S. The third-order valence-electron chi connectivity index (χ3n) is 2.34. The zero-order valence-corrected chi connectivity index (χ0v) is 11.0. The second-order valence-corrected chi connectivity index (χ2v) is 5.12. The van der Waals surface area contributed by atoms with E-state index in [0.29, 0.717) is 0 Å². The summed E-state index contributed by atoms with van der Waals surface area (Å²) in [6.07, 6.45) is 3.07. The van der Waals surface area contributed by atoms with Crippen LogP contribution in [-0.4, -0.2) is 14.4 Å². The van der Waals surface area contributed by atoms with Crippen molar-refractivity contribution in [2.75, 3.05) is 0 Å². The highest BCUT2D eigenvalue weighted by Crippen LogP contribution is 2.15. The van der Waals surface area contributed by atoms with Gasteiger partial charge in [0.05, 0.1) is 0 Å². The Morgan fingerprint density at radius 3 is 2.28 bits per heavy atom. The fraction of sp³-hybridized carbons (Fsp3) is 0.154. The average molecular weight is 266 g/mol. The second-order valence-electron chi connectivity index (χ2n) is 3.57. The first-order valence-electron chi connectivity index (χ1n) is 5.25. The summed E-state index contributed by atoms with van der Waals surface area (Å²) >= 11 is 0. The van der Waals surface area contributed by atoms with E-state index < -0.39 is 16.1 Å². The molecule has 0 aliphatic heterocycles. The van der Waals surface area contributed by atoms with Crippen LogP contribution in [0.4, 0.5) is 0 Å². The van der Waals surface area contributed by atoms with E-state index >= 15 is 0 Å². The van der Waals surface area contributed by atoms with Crippen LogP contribution in [0.15, 0.2) is 47.4 Å². The van der Waals surface area contributed by atoms with Crippen molar-refractivity contribution in [2.45, 2.75) is 18.7 Å². The highest BCUT2D eigenvalue weighted by Gasteiger charge is 2.20. The van der Waals surface area contributed by atoms with Gasteiger partial charge in [-0.05, 0) is 31.5 Å². The molecule has 1 rings (SSSR count). The lowest BCUT2D eigenvalue weighted by Gasteiger charge is -2.05. The first-order valence-corrected chi connectivity index (χ1v) is 6.65. The van der Waals surface area contributed by atoms with Gasteiger partial charge in [-0.2, -0.15) is 8.42 Å². The van der Waals surface area contributed by atoms with Crippen molar-refractivity contribution in [1.29, 1.82) is 0 Å². The molecule has 0 unspecified atom stereocenters. The van der Waals surface area contributed by atoms with Crippen molar-refractivity contribution >= 4 is 22.2 Å². The van der Waals surface area contributed by atoms with Gasteiger partial charge in [-0.15, -0.1) is 0 Å². The molecule has 0 amide bonds. The SMILES string of the molecule is C=Cc1ccc(S(=O)(=O)OC(=O)C(C)=CC)cc1. The number of allylic oxidation sites excluding steroid dienone is 1. The van der Waals surface area contributed by atoms with E-state index in [1.54, 1.807) is 25.1 Å². The predicted octanol–water partition coefficient (Wildman–Crippen LogP) is 2.53. The maximum absolute atomic E-state index is 11.8. The zero-order chi connectivity index (χ0) is 13.8. The van der Waals surface area contributed by atoms with Crippen LogP contribution in [0.25, 0.3) is 6.08 Å². The molecular weight excluding hydrogens is 252 g/mol. The highest BCUT2D eigenvalue weighted by molar-refractivity contribution is 7.87. The first-order chi connectivity index (χ1) is 8.40. The van der Waals surface area contributed by atoms with Crippen molar-refractivity contribution in [2.24, 2.45) is 0 Å². The van der Waals surface area contributed by atoms with Crippen molar-refractivity contribution in [3.63, 3.8) is 0 Å². The molecule has 0 aliphatic carbocycles. The number of carbonyl (C=O) groups is 1. The minimum atomic E-state index is -4.06. The molecule has 1 aromatic rings. The van der Waals surface area contributed by atoms with Crippen LogP contribution in [-0.2, 0) is 19.1 Å². The summed E-state index contributed by atoms with van der Waals surface area (Å²) in [4.78, 5) is 11.3. The molecule has 0 aliphatic rings. The quantitative estimate of drug-likeness (QED) is 0.620. The standard InChI is InChI=1S/C13H14O4S/c1-4-10(3)13(14)17-18(15,16)12-8-6-11(5-2)7-9-12/h4-9H,2H2,1,3H3. The van der Waals surface area contributed by atoms with Crippen molar-refractivity contribution in [3.8, 4) is 0 Å². The van der Waals surface area contributed by atoms with Gasteiger partial charge in [-0.1, -0.05) is 30.9 Å². The third-order valence-corrected chi connectivity index (χ3v) is 3.57. The summed E-state index contributed by atoms with van der Waals surface area (Å²) < 4.78 is 28.0. The molecule has 1 aromatic carbocycles. The van der Waals surface area contributed by atoms with Gasteiger partial charge in [0.25, 0.3) is 0 Å². The van der Waals surface area contributed by atoms with Crippen molar-refractivity contribution < 1.29 is 17.4 Å². The van der Waals surface area contributed by atoms with Gasteiger partial charge >= 0.3 is 16.1 Å². The van der Waals surface area contributed by atoms with Gasteiger partial charge in [0.2, 0.25) is 0 Å². The van der Waals surface area contributed by atoms with Gasteiger partial charge in [0.1, 0.15) is 4.90 Å². The first kappa shape index (κ1) is 14.2. The molecule has 0 fully saturated rings. The van der Waals surface area contributed by atoms with Gasteiger partial charge in [-0.3, -0.25) is 0 Å². The predicted molar refractivity (Wildman–Crippen MR) is 69.2 cm³/mol. The number of rotatable bonds is 4. The topological polar surface area (TPSA) is 60.4 Å². The number of carbonyl (C=O) groups excluding carboxylic acids is 1. The summed E-state index contributed by atoms with van der Waals surface area (Å²) in [6, 6.07) is 5.89. The molecule has 4 nitrogen and oxygen atoms in total. The van der Waals surface area contributed by atoms with E-state index in [4.69, 9.17) is 0 Å². The van der Waals surface area contributed by atoms with Crippen LogP contribution in [0.1, 0.15) is 19.4 Å². The Bertz CT molecular complexity index is 580. The molecule has 0 aromatic heterocycles. The van der Waals surface area contributed by atoms with E-state index in [1.807, 2.05) is 0 Å². The van der Waals surface area contributed by atoms with Crippen LogP contribution in [0.2, 0.25) is 0 Å². The Kier molecular flexibility index (Phi) is 4.44. The molecule has 0 bridgehead atoms. The molecule has 0 saturated heterocycles. The van der Waals surface area contributed by atoms with Crippen LogP contribution >= 0.6 is 0 Å². The van der Waals surface area contributed by atoms with Crippen LogP contribution in [0, 0.1) is 0 Å². The maximum atomic E-state index is 11.8. The molecule has 0 spiro atoms. The fourth-order valence-electron chi connectivity index (χ4n) is 1.10. The molecule has 0 radical (unpaired) electrons. The number of benzene rings is 1. The number of hydrogen-bond donors (Lipinski definition) is 0. The lowest BCUT2D eigenvalue weighted by Crippen LogP contribution is -2.14. The minimum Gasteiger partial charge on any atom is -0.338 e. The van der Waals surface area contributed by atoms with Gasteiger partial charge in [0, 0.05) is 5.57 Å².